The van der Waals surface area contributed by atoms with Crippen LogP contribution in [-0.4, -0.2) is 37.0 Å². The molecule has 0 bridgehead atoms. The number of hydrogen-bond donors (Lipinski definition) is 2. The van der Waals surface area contributed by atoms with Crippen LogP contribution in [0.3, 0.4) is 0 Å². The van der Waals surface area contributed by atoms with Gasteiger partial charge in [0.1, 0.15) is 11.6 Å². The number of aryl methyl sites for hydroxylation is 3. The standard InChI is InChI=1S/C17H22N4O/c1-12-8-13(2)16(14(3)9-12)20-11-15(10-18)17(22)21-6-4-19-5-7-21/h8-9,11,19-20H,4-7H2,1-3H3/b15-11-. The summed E-state index contributed by atoms with van der Waals surface area (Å²) in [5.74, 6) is -0.209. The van der Waals surface area contributed by atoms with Crippen LogP contribution < -0.4 is 10.6 Å². The normalized spacial score (nSPS) is 15.4. The zero-order valence-corrected chi connectivity index (χ0v) is 13.4. The third-order valence-corrected chi connectivity index (χ3v) is 3.79. The number of rotatable bonds is 3. The number of hydrogen-bond acceptors (Lipinski definition) is 4. The first kappa shape index (κ1) is 16.1. The maximum atomic E-state index is 12.3. The molecule has 2 rings (SSSR count). The minimum Gasteiger partial charge on any atom is -0.360 e. The molecule has 1 fully saturated rings. The minimum absolute atomic E-state index is 0.140. The average molecular weight is 298 g/mol. The molecule has 1 amide bonds. The molecule has 0 aromatic heterocycles. The van der Waals surface area contributed by atoms with Crippen LogP contribution in [0.4, 0.5) is 5.69 Å². The van der Waals surface area contributed by atoms with Crippen molar-refractivity contribution in [2.45, 2.75) is 20.8 Å². The van der Waals surface area contributed by atoms with Gasteiger partial charge in [-0.3, -0.25) is 4.79 Å². The van der Waals surface area contributed by atoms with E-state index in [2.05, 4.69) is 22.8 Å². The van der Waals surface area contributed by atoms with Crippen LogP contribution in [0.2, 0.25) is 0 Å². The fraction of sp³-hybridized carbons (Fsp3) is 0.412. The Balaban J connectivity index is 2.16. The highest BCUT2D eigenvalue weighted by Crippen LogP contribution is 2.22. The Morgan fingerprint density at radius 2 is 1.86 bits per heavy atom. The first-order chi connectivity index (χ1) is 10.5. The number of benzene rings is 1. The van der Waals surface area contributed by atoms with Crippen molar-refractivity contribution in [3.8, 4) is 6.07 Å². The molecule has 22 heavy (non-hydrogen) atoms. The van der Waals surface area contributed by atoms with Gasteiger partial charge in [-0.15, -0.1) is 0 Å². The van der Waals surface area contributed by atoms with Gasteiger partial charge in [0.05, 0.1) is 0 Å². The highest BCUT2D eigenvalue weighted by Gasteiger charge is 2.20. The van der Waals surface area contributed by atoms with Crippen molar-refractivity contribution < 1.29 is 4.79 Å². The lowest BCUT2D eigenvalue weighted by molar-refractivity contribution is -0.127. The number of carbonyl (C=O) groups is 1. The van der Waals surface area contributed by atoms with Crippen LogP contribution in [0.1, 0.15) is 16.7 Å². The molecule has 0 atom stereocenters. The molecule has 5 nitrogen and oxygen atoms in total. The molecule has 1 heterocycles. The zero-order chi connectivity index (χ0) is 16.1. The minimum atomic E-state index is -0.209. The van der Waals surface area contributed by atoms with Crippen molar-refractivity contribution in [1.82, 2.24) is 10.2 Å². The maximum Gasteiger partial charge on any atom is 0.266 e. The van der Waals surface area contributed by atoms with Gasteiger partial charge in [0.25, 0.3) is 5.91 Å². The number of nitriles is 1. The Morgan fingerprint density at radius 3 is 2.41 bits per heavy atom. The van der Waals surface area contributed by atoms with Gasteiger partial charge >= 0.3 is 0 Å². The summed E-state index contributed by atoms with van der Waals surface area (Å²) in [6.45, 7) is 8.90. The van der Waals surface area contributed by atoms with Crippen molar-refractivity contribution in [2.24, 2.45) is 0 Å². The lowest BCUT2D eigenvalue weighted by atomic mass is 10.1. The van der Waals surface area contributed by atoms with Gasteiger partial charge in [-0.05, 0) is 31.9 Å². The molecule has 116 valence electrons. The molecule has 5 heteroatoms. The molecule has 0 aliphatic carbocycles. The summed E-state index contributed by atoms with van der Waals surface area (Å²) in [4.78, 5) is 14.1. The van der Waals surface area contributed by atoms with E-state index in [0.717, 1.165) is 29.9 Å². The van der Waals surface area contributed by atoms with E-state index in [0.29, 0.717) is 13.1 Å². The predicted molar refractivity (Wildman–Crippen MR) is 87.4 cm³/mol. The van der Waals surface area contributed by atoms with Gasteiger partial charge in [-0.25, -0.2) is 0 Å². The second kappa shape index (κ2) is 7.10. The molecular weight excluding hydrogens is 276 g/mol. The molecule has 0 radical (unpaired) electrons. The summed E-state index contributed by atoms with van der Waals surface area (Å²) in [5.41, 5.74) is 4.48. The smallest absolute Gasteiger partial charge is 0.266 e. The van der Waals surface area contributed by atoms with E-state index >= 15 is 0 Å². The van der Waals surface area contributed by atoms with Crippen molar-refractivity contribution in [2.75, 3.05) is 31.5 Å². The van der Waals surface area contributed by atoms with E-state index in [-0.39, 0.29) is 11.5 Å². The molecule has 2 N–H and O–H groups in total. The van der Waals surface area contributed by atoms with Gasteiger partial charge in [-0.1, -0.05) is 17.7 Å². The van der Waals surface area contributed by atoms with Crippen molar-refractivity contribution in [3.05, 3.63) is 40.6 Å². The van der Waals surface area contributed by atoms with Crippen LogP contribution in [-0.2, 0) is 4.79 Å². The fourth-order valence-electron chi connectivity index (χ4n) is 2.73. The average Bonchev–Trinajstić information content (AvgIpc) is 2.50. The lowest BCUT2D eigenvalue weighted by Gasteiger charge is -2.27. The van der Waals surface area contributed by atoms with E-state index in [1.54, 1.807) is 4.90 Å². The number of nitrogens with zero attached hydrogens (tertiary/aromatic N) is 2. The molecule has 1 aromatic carbocycles. The van der Waals surface area contributed by atoms with E-state index < -0.39 is 0 Å². The van der Waals surface area contributed by atoms with Crippen LogP contribution >= 0.6 is 0 Å². The van der Waals surface area contributed by atoms with Gasteiger partial charge in [0, 0.05) is 38.1 Å². The summed E-state index contributed by atoms with van der Waals surface area (Å²) >= 11 is 0. The predicted octanol–water partition coefficient (Wildman–Crippen LogP) is 1.86. The van der Waals surface area contributed by atoms with Crippen molar-refractivity contribution >= 4 is 11.6 Å². The summed E-state index contributed by atoms with van der Waals surface area (Å²) in [6, 6.07) is 6.16. The first-order valence-electron chi connectivity index (χ1n) is 7.47. The number of piperazine rings is 1. The van der Waals surface area contributed by atoms with Crippen molar-refractivity contribution in [1.29, 1.82) is 5.26 Å². The van der Waals surface area contributed by atoms with Gasteiger partial charge < -0.3 is 15.5 Å². The second-order valence-corrected chi connectivity index (χ2v) is 5.63. The number of amides is 1. The maximum absolute atomic E-state index is 12.3. The van der Waals surface area contributed by atoms with Crippen molar-refractivity contribution in [3.63, 3.8) is 0 Å². The largest absolute Gasteiger partial charge is 0.360 e. The van der Waals surface area contributed by atoms with E-state index in [4.69, 9.17) is 0 Å². The Kier molecular flexibility index (Phi) is 5.18. The highest BCUT2D eigenvalue weighted by atomic mass is 16.2. The second-order valence-electron chi connectivity index (χ2n) is 5.63. The van der Waals surface area contributed by atoms with Crippen LogP contribution in [0.15, 0.2) is 23.9 Å². The lowest BCUT2D eigenvalue weighted by Crippen LogP contribution is -2.46. The van der Waals surface area contributed by atoms with Crippen LogP contribution in [0, 0.1) is 32.1 Å². The van der Waals surface area contributed by atoms with Gasteiger partial charge in [0.15, 0.2) is 0 Å². The highest BCUT2D eigenvalue weighted by molar-refractivity contribution is 5.97. The Morgan fingerprint density at radius 1 is 1.27 bits per heavy atom. The summed E-state index contributed by atoms with van der Waals surface area (Å²) in [7, 11) is 0. The fourth-order valence-corrected chi connectivity index (χ4v) is 2.73. The Labute approximate surface area is 131 Å². The van der Waals surface area contributed by atoms with E-state index in [1.807, 2.05) is 26.8 Å². The zero-order valence-electron chi connectivity index (χ0n) is 13.4. The molecule has 0 unspecified atom stereocenters. The number of carbonyl (C=O) groups excluding carboxylic acids is 1. The first-order valence-corrected chi connectivity index (χ1v) is 7.47. The topological polar surface area (TPSA) is 68.2 Å². The molecule has 1 aromatic rings. The molecule has 0 spiro atoms. The number of nitrogens with one attached hydrogen (secondary N) is 2. The number of anilines is 1. The summed E-state index contributed by atoms with van der Waals surface area (Å²) in [6.07, 6.45) is 1.52. The monoisotopic (exact) mass is 298 g/mol. The Hall–Kier alpha value is -2.32. The third kappa shape index (κ3) is 3.66. The summed E-state index contributed by atoms with van der Waals surface area (Å²) < 4.78 is 0. The van der Waals surface area contributed by atoms with Gasteiger partial charge in [0.2, 0.25) is 0 Å². The molecular formula is C17H22N4O. The SMILES string of the molecule is Cc1cc(C)c(N/C=C(/C#N)C(=O)N2CCNCC2)c(C)c1. The Bertz CT molecular complexity index is 614. The summed E-state index contributed by atoms with van der Waals surface area (Å²) in [5, 5.41) is 15.6. The van der Waals surface area contributed by atoms with Crippen LogP contribution in [0.25, 0.3) is 0 Å². The van der Waals surface area contributed by atoms with Crippen LogP contribution in [0.5, 0.6) is 0 Å². The molecule has 0 saturated carbocycles. The quantitative estimate of drug-likeness (QED) is 0.660. The van der Waals surface area contributed by atoms with E-state index in [9.17, 15) is 10.1 Å². The third-order valence-electron chi connectivity index (χ3n) is 3.79. The van der Waals surface area contributed by atoms with E-state index in [1.165, 1.54) is 11.8 Å². The van der Waals surface area contributed by atoms with Gasteiger partial charge in [-0.2, -0.15) is 5.26 Å². The molecule has 1 aliphatic heterocycles. The molecule has 1 aliphatic rings. The molecule has 1 saturated heterocycles.